The van der Waals surface area contributed by atoms with E-state index in [1.54, 1.807) is 0 Å². The number of para-hydroxylation sites is 1. The molecular weight excluding hydrogens is 246 g/mol. The molecule has 0 aliphatic carbocycles. The maximum atomic E-state index is 8.87. The van der Waals surface area contributed by atoms with Gasteiger partial charge in [-0.2, -0.15) is 5.26 Å². The zero-order valence-corrected chi connectivity index (χ0v) is 11.6. The molecule has 2 aromatic rings. The summed E-state index contributed by atoms with van der Waals surface area (Å²) >= 11 is 0. The lowest BCUT2D eigenvalue weighted by Crippen LogP contribution is -2.32. The molecule has 2 N–H and O–H groups in total. The minimum Gasteiger partial charge on any atom is -0.383 e. The Morgan fingerprint density at radius 3 is 2.65 bits per heavy atom. The third kappa shape index (κ3) is 4.42. The van der Waals surface area contributed by atoms with Gasteiger partial charge in [0.1, 0.15) is 0 Å². The maximum absolute atomic E-state index is 8.87. The van der Waals surface area contributed by atoms with Crippen molar-refractivity contribution in [3.05, 3.63) is 65.7 Å². The zero-order chi connectivity index (χ0) is 14.2. The standard InChI is InChI=1S/C17H19N3/c1-14(12-20-17-8-3-2-4-9-17)19-13-16-7-5-6-15(10-16)11-18/h2-10,14,19-20H,12-13H2,1H3. The van der Waals surface area contributed by atoms with Gasteiger partial charge in [0.05, 0.1) is 11.6 Å². The summed E-state index contributed by atoms with van der Waals surface area (Å²) < 4.78 is 0. The number of nitrogens with one attached hydrogen (secondary N) is 2. The summed E-state index contributed by atoms with van der Waals surface area (Å²) in [5, 5.41) is 15.7. The fraction of sp³-hybridized carbons (Fsp3) is 0.235. The molecule has 0 aliphatic heterocycles. The van der Waals surface area contributed by atoms with Gasteiger partial charge >= 0.3 is 0 Å². The van der Waals surface area contributed by atoms with Crippen molar-refractivity contribution in [1.82, 2.24) is 5.32 Å². The first-order valence-electron chi connectivity index (χ1n) is 6.79. The summed E-state index contributed by atoms with van der Waals surface area (Å²) in [6, 6.07) is 20.4. The predicted octanol–water partition coefficient (Wildman–Crippen LogP) is 3.15. The lowest BCUT2D eigenvalue weighted by molar-refractivity contribution is 0.568. The Balaban J connectivity index is 1.77. The van der Waals surface area contributed by atoms with Gasteiger partial charge in [-0.05, 0) is 36.8 Å². The summed E-state index contributed by atoms with van der Waals surface area (Å²) in [5.41, 5.74) is 2.97. The van der Waals surface area contributed by atoms with Crippen molar-refractivity contribution in [3.8, 4) is 6.07 Å². The van der Waals surface area contributed by atoms with E-state index in [1.165, 1.54) is 0 Å². The first kappa shape index (κ1) is 14.1. The Morgan fingerprint density at radius 2 is 1.90 bits per heavy atom. The van der Waals surface area contributed by atoms with Crippen LogP contribution in [0.25, 0.3) is 0 Å². The Bertz CT molecular complexity index is 572. The monoisotopic (exact) mass is 265 g/mol. The summed E-state index contributed by atoms with van der Waals surface area (Å²) in [5.74, 6) is 0. The summed E-state index contributed by atoms with van der Waals surface area (Å²) in [4.78, 5) is 0. The molecule has 0 bridgehead atoms. The van der Waals surface area contributed by atoms with E-state index in [2.05, 4.69) is 35.8 Å². The summed E-state index contributed by atoms with van der Waals surface area (Å²) in [6.07, 6.45) is 0. The number of anilines is 1. The topological polar surface area (TPSA) is 47.8 Å². The molecular formula is C17H19N3. The van der Waals surface area contributed by atoms with Crippen molar-refractivity contribution in [2.75, 3.05) is 11.9 Å². The van der Waals surface area contributed by atoms with Crippen LogP contribution in [0.15, 0.2) is 54.6 Å². The molecule has 2 rings (SSSR count). The second-order valence-electron chi connectivity index (χ2n) is 4.84. The lowest BCUT2D eigenvalue weighted by Gasteiger charge is -2.15. The van der Waals surface area contributed by atoms with Gasteiger partial charge in [-0.25, -0.2) is 0 Å². The lowest BCUT2D eigenvalue weighted by atomic mass is 10.1. The average Bonchev–Trinajstić information content (AvgIpc) is 2.52. The van der Waals surface area contributed by atoms with Gasteiger partial charge in [-0.15, -0.1) is 0 Å². The Morgan fingerprint density at radius 1 is 1.10 bits per heavy atom. The molecule has 2 aromatic carbocycles. The molecule has 0 saturated heterocycles. The largest absolute Gasteiger partial charge is 0.383 e. The molecule has 1 unspecified atom stereocenters. The van der Waals surface area contributed by atoms with Crippen molar-refractivity contribution < 1.29 is 0 Å². The van der Waals surface area contributed by atoms with Crippen LogP contribution in [0, 0.1) is 11.3 Å². The van der Waals surface area contributed by atoms with Crippen LogP contribution in [-0.4, -0.2) is 12.6 Å². The van der Waals surface area contributed by atoms with Gasteiger partial charge in [-0.1, -0.05) is 30.3 Å². The normalized spacial score (nSPS) is 11.6. The first-order valence-corrected chi connectivity index (χ1v) is 6.79. The summed E-state index contributed by atoms with van der Waals surface area (Å²) in [7, 11) is 0. The number of benzene rings is 2. The highest BCUT2D eigenvalue weighted by Gasteiger charge is 2.02. The quantitative estimate of drug-likeness (QED) is 0.843. The number of nitriles is 1. The Kier molecular flexibility index (Phi) is 5.16. The molecule has 0 amide bonds. The van der Waals surface area contributed by atoms with Crippen LogP contribution in [0.4, 0.5) is 5.69 Å². The highest BCUT2D eigenvalue weighted by atomic mass is 15.0. The SMILES string of the molecule is CC(CNc1ccccc1)NCc1cccc(C#N)c1. The van der Waals surface area contributed by atoms with E-state index in [1.807, 2.05) is 42.5 Å². The van der Waals surface area contributed by atoms with E-state index in [0.29, 0.717) is 11.6 Å². The predicted molar refractivity (Wildman–Crippen MR) is 82.4 cm³/mol. The van der Waals surface area contributed by atoms with Gasteiger partial charge in [0.25, 0.3) is 0 Å². The van der Waals surface area contributed by atoms with Crippen molar-refractivity contribution in [2.45, 2.75) is 19.5 Å². The molecule has 102 valence electrons. The van der Waals surface area contributed by atoms with Crippen molar-refractivity contribution in [1.29, 1.82) is 5.26 Å². The van der Waals surface area contributed by atoms with Crippen molar-refractivity contribution in [2.24, 2.45) is 0 Å². The molecule has 0 spiro atoms. The molecule has 0 aliphatic rings. The van der Waals surface area contributed by atoms with Crippen molar-refractivity contribution in [3.63, 3.8) is 0 Å². The fourth-order valence-electron chi connectivity index (χ4n) is 1.94. The molecule has 0 radical (unpaired) electrons. The molecule has 1 atom stereocenters. The molecule has 3 heteroatoms. The fourth-order valence-corrected chi connectivity index (χ4v) is 1.94. The molecule has 0 fully saturated rings. The molecule has 3 nitrogen and oxygen atoms in total. The smallest absolute Gasteiger partial charge is 0.0991 e. The molecule has 20 heavy (non-hydrogen) atoms. The molecule has 0 aromatic heterocycles. The van der Waals surface area contributed by atoms with E-state index in [4.69, 9.17) is 5.26 Å². The minimum absolute atomic E-state index is 0.348. The van der Waals surface area contributed by atoms with Gasteiger partial charge in [0.15, 0.2) is 0 Å². The highest BCUT2D eigenvalue weighted by molar-refractivity contribution is 5.42. The molecule has 0 heterocycles. The van der Waals surface area contributed by atoms with Crippen LogP contribution < -0.4 is 10.6 Å². The van der Waals surface area contributed by atoms with Crippen LogP contribution in [0.2, 0.25) is 0 Å². The number of hydrogen-bond donors (Lipinski definition) is 2. The Labute approximate surface area is 120 Å². The number of nitrogens with zero attached hydrogens (tertiary/aromatic N) is 1. The van der Waals surface area contributed by atoms with Crippen molar-refractivity contribution >= 4 is 5.69 Å². The first-order chi connectivity index (χ1) is 9.78. The maximum Gasteiger partial charge on any atom is 0.0991 e. The third-order valence-corrected chi connectivity index (χ3v) is 3.10. The van der Waals surface area contributed by atoms with E-state index in [-0.39, 0.29) is 0 Å². The van der Waals surface area contributed by atoms with E-state index >= 15 is 0 Å². The number of hydrogen-bond acceptors (Lipinski definition) is 3. The van der Waals surface area contributed by atoms with Gasteiger partial charge in [0, 0.05) is 24.8 Å². The van der Waals surface area contributed by atoms with E-state index < -0.39 is 0 Å². The van der Waals surface area contributed by atoms with Crippen LogP contribution in [0.3, 0.4) is 0 Å². The van der Waals surface area contributed by atoms with Gasteiger partial charge in [0.2, 0.25) is 0 Å². The average molecular weight is 265 g/mol. The van der Waals surface area contributed by atoms with Gasteiger partial charge < -0.3 is 10.6 Å². The van der Waals surface area contributed by atoms with Gasteiger partial charge in [-0.3, -0.25) is 0 Å². The van der Waals surface area contributed by atoms with Crippen LogP contribution in [0.5, 0.6) is 0 Å². The second-order valence-corrected chi connectivity index (χ2v) is 4.84. The van der Waals surface area contributed by atoms with E-state index in [0.717, 1.165) is 24.3 Å². The zero-order valence-electron chi connectivity index (χ0n) is 11.6. The Hall–Kier alpha value is -2.31. The van der Waals surface area contributed by atoms with Crippen LogP contribution in [0.1, 0.15) is 18.1 Å². The third-order valence-electron chi connectivity index (χ3n) is 3.10. The van der Waals surface area contributed by atoms with Crippen LogP contribution in [-0.2, 0) is 6.54 Å². The minimum atomic E-state index is 0.348. The van der Waals surface area contributed by atoms with Crippen LogP contribution >= 0.6 is 0 Å². The summed E-state index contributed by atoms with van der Waals surface area (Å²) in [6.45, 7) is 3.78. The number of rotatable bonds is 6. The highest BCUT2D eigenvalue weighted by Crippen LogP contribution is 2.06. The molecule has 0 saturated carbocycles. The second kappa shape index (κ2) is 7.32. The van der Waals surface area contributed by atoms with E-state index in [9.17, 15) is 0 Å².